The highest BCUT2D eigenvalue weighted by atomic mass is 16.3. The van der Waals surface area contributed by atoms with E-state index in [1.54, 1.807) is 18.5 Å². The van der Waals surface area contributed by atoms with Gasteiger partial charge in [0.15, 0.2) is 5.96 Å². The van der Waals surface area contributed by atoms with Crippen molar-refractivity contribution in [3.8, 4) is 0 Å². The van der Waals surface area contributed by atoms with Gasteiger partial charge in [-0.2, -0.15) is 4.98 Å². The van der Waals surface area contributed by atoms with Crippen LogP contribution in [-0.2, 0) is 11.3 Å². The number of guanidine groups is 1. The Kier molecular flexibility index (Phi) is 13.2. The average Bonchev–Trinajstić information content (AvgIpc) is 2.86. The predicted molar refractivity (Wildman–Crippen MR) is 142 cm³/mol. The van der Waals surface area contributed by atoms with Crippen LogP contribution in [-0.4, -0.2) is 71.2 Å². The minimum Gasteiger partial charge on any atom is -0.394 e. The van der Waals surface area contributed by atoms with Crippen molar-refractivity contribution in [1.29, 1.82) is 0 Å². The van der Waals surface area contributed by atoms with E-state index in [1.165, 1.54) is 4.57 Å². The summed E-state index contributed by atoms with van der Waals surface area (Å²) >= 11 is 0. The first-order valence-electron chi connectivity index (χ1n) is 12.4. The quantitative estimate of drug-likeness (QED) is 0.0832. The van der Waals surface area contributed by atoms with E-state index in [0.29, 0.717) is 44.6 Å². The molecule has 13 nitrogen and oxygen atoms in total. The molecule has 1 aromatic heterocycles. The van der Waals surface area contributed by atoms with E-state index in [1.807, 2.05) is 0 Å². The molecule has 0 spiro atoms. The van der Waals surface area contributed by atoms with Crippen LogP contribution in [0.1, 0.15) is 44.9 Å². The largest absolute Gasteiger partial charge is 0.394 e. The number of hydrogen-bond donors (Lipinski definition) is 7. The maximum atomic E-state index is 12.5. The Morgan fingerprint density at radius 1 is 1.22 bits per heavy atom. The number of carbonyl (C=O) groups excluding carboxylic acids is 1. The van der Waals surface area contributed by atoms with Crippen molar-refractivity contribution in [2.24, 2.45) is 27.2 Å². The number of amidine groups is 1. The highest BCUT2D eigenvalue weighted by Gasteiger charge is 2.16. The van der Waals surface area contributed by atoms with E-state index in [4.69, 9.17) is 22.3 Å². The van der Waals surface area contributed by atoms with Crippen molar-refractivity contribution >= 4 is 23.5 Å². The summed E-state index contributed by atoms with van der Waals surface area (Å²) in [5.74, 6) is 0.717. The summed E-state index contributed by atoms with van der Waals surface area (Å²) in [6, 6.07) is 1.90. The second-order valence-electron chi connectivity index (χ2n) is 8.49. The normalized spacial score (nSPS) is 15.2. The lowest BCUT2D eigenvalue weighted by Crippen LogP contribution is -2.32. The second-order valence-corrected chi connectivity index (χ2v) is 8.49. The van der Waals surface area contributed by atoms with E-state index in [-0.39, 0.29) is 30.3 Å². The molecule has 2 rings (SSSR count). The summed E-state index contributed by atoms with van der Waals surface area (Å²) < 4.78 is 1.54. The molecule has 1 atom stereocenters. The van der Waals surface area contributed by atoms with Crippen LogP contribution in [0.15, 0.2) is 38.8 Å². The van der Waals surface area contributed by atoms with Crippen LogP contribution in [0.5, 0.6) is 0 Å². The van der Waals surface area contributed by atoms with E-state index >= 15 is 0 Å². The first-order valence-corrected chi connectivity index (χ1v) is 12.4. The monoisotopic (exact) mass is 504 g/mol. The van der Waals surface area contributed by atoms with Gasteiger partial charge < -0.3 is 38.3 Å². The molecule has 1 unspecified atom stereocenters. The second kappa shape index (κ2) is 16.4. The molecule has 0 radical (unpaired) electrons. The van der Waals surface area contributed by atoms with Gasteiger partial charge in [-0.05, 0) is 57.7 Å². The summed E-state index contributed by atoms with van der Waals surface area (Å²) in [6.07, 6.45) is 8.65. The minimum absolute atomic E-state index is 0.0214. The zero-order valence-electron chi connectivity index (χ0n) is 20.8. The number of aliphatic hydroxyl groups is 1. The smallest absolute Gasteiger partial charge is 0.349 e. The summed E-state index contributed by atoms with van der Waals surface area (Å²) in [7, 11) is 0. The zero-order chi connectivity index (χ0) is 26.2. The number of aliphatic imine (C=N–C) groups is 2. The number of amides is 1. The molecule has 2 heterocycles. The van der Waals surface area contributed by atoms with Gasteiger partial charge >= 0.3 is 5.69 Å². The minimum atomic E-state index is -0.414. The van der Waals surface area contributed by atoms with Crippen molar-refractivity contribution in [3.05, 3.63) is 34.5 Å². The Morgan fingerprint density at radius 3 is 2.69 bits per heavy atom. The van der Waals surface area contributed by atoms with Gasteiger partial charge in [0.1, 0.15) is 11.7 Å². The zero-order valence-corrected chi connectivity index (χ0v) is 20.8. The Bertz CT molecular complexity index is 969. The third-order valence-corrected chi connectivity index (χ3v) is 5.62. The molecular formula is C23H40N10O3. The molecule has 1 aliphatic rings. The van der Waals surface area contributed by atoms with Crippen LogP contribution < -0.4 is 38.8 Å². The molecule has 1 amide bonds. The molecule has 1 aromatic rings. The van der Waals surface area contributed by atoms with E-state index in [2.05, 4.69) is 30.9 Å². The van der Waals surface area contributed by atoms with Gasteiger partial charge in [0, 0.05) is 43.5 Å². The summed E-state index contributed by atoms with van der Waals surface area (Å²) in [6.45, 7) is 2.87. The van der Waals surface area contributed by atoms with Gasteiger partial charge in [-0.3, -0.25) is 19.3 Å². The number of anilines is 1. The fourth-order valence-corrected chi connectivity index (χ4v) is 3.73. The Hall–Kier alpha value is -3.29. The van der Waals surface area contributed by atoms with Crippen molar-refractivity contribution in [2.45, 2.75) is 57.5 Å². The first kappa shape index (κ1) is 28.9. The molecule has 0 bridgehead atoms. The molecular weight excluding hydrogens is 464 g/mol. The summed E-state index contributed by atoms with van der Waals surface area (Å²) in [4.78, 5) is 37.2. The number of rotatable bonds is 16. The average molecular weight is 505 g/mol. The van der Waals surface area contributed by atoms with Crippen LogP contribution in [0.4, 0.5) is 5.82 Å². The fourth-order valence-electron chi connectivity index (χ4n) is 3.73. The summed E-state index contributed by atoms with van der Waals surface area (Å²) in [5, 5.41) is 18.0. The molecule has 10 N–H and O–H groups in total. The number of aliphatic hydroxyl groups excluding tert-OH is 1. The Balaban J connectivity index is 1.84. The lowest BCUT2D eigenvalue weighted by Gasteiger charge is -2.19. The molecule has 0 saturated heterocycles. The van der Waals surface area contributed by atoms with Crippen LogP contribution in [0, 0.1) is 0 Å². The number of nitrogens with zero attached hydrogens (tertiary/aromatic N) is 4. The Morgan fingerprint density at radius 2 is 2.03 bits per heavy atom. The molecule has 0 fully saturated rings. The fraction of sp³-hybridized carbons (Fsp3) is 0.609. The molecule has 200 valence electrons. The Labute approximate surface area is 211 Å². The number of hydrogen-bond acceptors (Lipinski definition) is 8. The number of nitrogens with one attached hydrogen (secondary N) is 3. The third kappa shape index (κ3) is 11.0. The molecule has 0 saturated carbocycles. The number of nitrogens with two attached hydrogens (primary N) is 3. The van der Waals surface area contributed by atoms with Crippen molar-refractivity contribution in [3.63, 3.8) is 0 Å². The lowest BCUT2D eigenvalue weighted by atomic mass is 10.1. The lowest BCUT2D eigenvalue weighted by molar-refractivity contribution is -0.113. The van der Waals surface area contributed by atoms with E-state index < -0.39 is 5.69 Å². The third-order valence-electron chi connectivity index (χ3n) is 5.62. The maximum Gasteiger partial charge on any atom is 0.349 e. The number of carbonyl (C=O) groups is 1. The first-order chi connectivity index (χ1) is 17.4. The topological polar surface area (TPSA) is 211 Å². The van der Waals surface area contributed by atoms with Crippen LogP contribution in [0.3, 0.4) is 0 Å². The standard InChI is InChI=1S/C23H40N10O3/c24-9-3-11-27-18(4-1-10-29-22(25)26)5-2-13-33-14-8-20(32-23(33)36)31-21(35)17-6-7-19(30-16-17)28-12-15-34/h8,14,16,18,27,34H,1-7,9-13,15,24H2,(H,28,30)(H4,25,26,29)(H,31,32,35,36). The van der Waals surface area contributed by atoms with Crippen LogP contribution >= 0.6 is 0 Å². The van der Waals surface area contributed by atoms with Gasteiger partial charge in [-0.15, -0.1) is 0 Å². The van der Waals surface area contributed by atoms with Crippen molar-refractivity contribution in [1.82, 2.24) is 20.2 Å². The predicted octanol–water partition coefficient (Wildman–Crippen LogP) is -1.02. The van der Waals surface area contributed by atoms with Crippen LogP contribution in [0.25, 0.3) is 0 Å². The highest BCUT2D eigenvalue weighted by molar-refractivity contribution is 6.04. The van der Waals surface area contributed by atoms with Gasteiger partial charge in [0.2, 0.25) is 0 Å². The van der Waals surface area contributed by atoms with E-state index in [0.717, 1.165) is 44.5 Å². The van der Waals surface area contributed by atoms with Gasteiger partial charge in [-0.1, -0.05) is 0 Å². The molecule has 0 aromatic carbocycles. The van der Waals surface area contributed by atoms with Crippen molar-refractivity contribution in [2.75, 3.05) is 38.1 Å². The van der Waals surface area contributed by atoms with Crippen LogP contribution in [0.2, 0.25) is 0 Å². The number of aromatic nitrogens is 2. The maximum absolute atomic E-state index is 12.5. The SMILES string of the molecule is NCCCNC(CCCN=C(N)N)CCCn1ccc(NC(=O)C2=CNC(=NCCO)CC2)nc1=O. The van der Waals surface area contributed by atoms with Gasteiger partial charge in [-0.25, -0.2) is 4.79 Å². The molecule has 0 aliphatic carbocycles. The number of aryl methyl sites for hydroxylation is 1. The van der Waals surface area contributed by atoms with Crippen molar-refractivity contribution < 1.29 is 9.90 Å². The molecule has 36 heavy (non-hydrogen) atoms. The van der Waals surface area contributed by atoms with Gasteiger partial charge in [0.05, 0.1) is 13.2 Å². The molecule has 1 aliphatic heterocycles. The van der Waals surface area contributed by atoms with E-state index in [9.17, 15) is 9.59 Å². The summed E-state index contributed by atoms with van der Waals surface area (Å²) in [5.41, 5.74) is 16.5. The van der Waals surface area contributed by atoms with Gasteiger partial charge in [0.25, 0.3) is 5.91 Å². The highest BCUT2D eigenvalue weighted by Crippen LogP contribution is 2.13. The molecule has 13 heteroatoms.